The van der Waals surface area contributed by atoms with Gasteiger partial charge in [0.25, 0.3) is 11.6 Å². The lowest BCUT2D eigenvalue weighted by atomic mass is 10.2. The van der Waals surface area contributed by atoms with E-state index >= 15 is 0 Å². The summed E-state index contributed by atoms with van der Waals surface area (Å²) < 4.78 is 0. The number of amides is 1. The van der Waals surface area contributed by atoms with Crippen LogP contribution in [0.3, 0.4) is 0 Å². The van der Waals surface area contributed by atoms with E-state index in [2.05, 4.69) is 31.0 Å². The molecule has 2 aromatic rings. The number of anilines is 2. The first-order chi connectivity index (χ1) is 11.4. The van der Waals surface area contributed by atoms with Crippen LogP contribution in [0.4, 0.5) is 17.1 Å². The molecule has 1 amide bonds. The van der Waals surface area contributed by atoms with Crippen molar-refractivity contribution in [3.05, 3.63) is 64.2 Å². The summed E-state index contributed by atoms with van der Waals surface area (Å²) in [5.74, 6) is -0.297. The lowest BCUT2D eigenvalue weighted by molar-refractivity contribution is -0.384. The zero-order valence-corrected chi connectivity index (χ0v) is 14.0. The van der Waals surface area contributed by atoms with Gasteiger partial charge < -0.3 is 10.2 Å². The second-order valence-corrected chi connectivity index (χ2v) is 5.68. The van der Waals surface area contributed by atoms with Crippen LogP contribution >= 0.6 is 0 Å². The molecular formula is C18H21N3O3. The molecule has 0 unspecified atom stereocenters. The average molecular weight is 327 g/mol. The van der Waals surface area contributed by atoms with Crippen molar-refractivity contribution in [1.29, 1.82) is 0 Å². The van der Waals surface area contributed by atoms with Crippen molar-refractivity contribution in [2.45, 2.75) is 26.8 Å². The Bertz CT molecular complexity index is 709. The molecule has 0 aliphatic rings. The minimum Gasteiger partial charge on any atom is -0.369 e. The van der Waals surface area contributed by atoms with Crippen molar-refractivity contribution in [1.82, 2.24) is 0 Å². The highest BCUT2D eigenvalue weighted by Gasteiger charge is 2.11. The maximum atomic E-state index is 12.2. The molecule has 0 spiro atoms. The fourth-order valence-corrected chi connectivity index (χ4v) is 2.52. The second-order valence-electron chi connectivity index (χ2n) is 5.68. The van der Waals surface area contributed by atoms with Crippen LogP contribution < -0.4 is 10.2 Å². The standard InChI is InChI=1S/C18H21N3O3/c1-4-20(13(2)3)16-11-7-15(8-12-16)19-18(22)14-5-9-17(10-6-14)21(23)24/h5-13H,4H2,1-3H3,(H,19,22). The second kappa shape index (κ2) is 7.59. The van der Waals surface area contributed by atoms with Gasteiger partial charge in [-0.05, 0) is 57.2 Å². The van der Waals surface area contributed by atoms with Crippen molar-refractivity contribution >= 4 is 23.0 Å². The molecule has 0 fully saturated rings. The molecule has 0 radical (unpaired) electrons. The molecule has 2 rings (SSSR count). The Morgan fingerprint density at radius 1 is 1.12 bits per heavy atom. The van der Waals surface area contributed by atoms with Crippen LogP contribution in [-0.2, 0) is 0 Å². The molecule has 0 bridgehead atoms. The number of hydrogen-bond acceptors (Lipinski definition) is 4. The number of nitrogens with zero attached hydrogens (tertiary/aromatic N) is 2. The summed E-state index contributed by atoms with van der Waals surface area (Å²) in [5, 5.41) is 13.4. The summed E-state index contributed by atoms with van der Waals surface area (Å²) in [6.07, 6.45) is 0. The number of nitro benzene ring substituents is 1. The molecule has 1 N–H and O–H groups in total. The predicted octanol–water partition coefficient (Wildman–Crippen LogP) is 4.08. The normalized spacial score (nSPS) is 10.5. The molecule has 0 atom stereocenters. The Labute approximate surface area is 141 Å². The van der Waals surface area contributed by atoms with Crippen LogP contribution in [0, 0.1) is 10.1 Å². The molecule has 2 aromatic carbocycles. The smallest absolute Gasteiger partial charge is 0.269 e. The molecule has 6 heteroatoms. The number of non-ortho nitro benzene ring substituents is 1. The van der Waals surface area contributed by atoms with Gasteiger partial charge >= 0.3 is 0 Å². The van der Waals surface area contributed by atoms with E-state index in [1.165, 1.54) is 24.3 Å². The van der Waals surface area contributed by atoms with Crippen molar-refractivity contribution in [2.75, 3.05) is 16.8 Å². The van der Waals surface area contributed by atoms with Crippen molar-refractivity contribution in [3.8, 4) is 0 Å². The molecule has 6 nitrogen and oxygen atoms in total. The largest absolute Gasteiger partial charge is 0.369 e. The molecule has 0 saturated heterocycles. The topological polar surface area (TPSA) is 75.5 Å². The average Bonchev–Trinajstić information content (AvgIpc) is 2.56. The van der Waals surface area contributed by atoms with E-state index in [0.29, 0.717) is 17.3 Å². The fraction of sp³-hybridized carbons (Fsp3) is 0.278. The Morgan fingerprint density at radius 2 is 1.71 bits per heavy atom. The Balaban J connectivity index is 2.07. The van der Waals surface area contributed by atoms with Crippen LogP contribution in [0.2, 0.25) is 0 Å². The maximum Gasteiger partial charge on any atom is 0.269 e. The third-order valence-corrected chi connectivity index (χ3v) is 3.76. The van der Waals surface area contributed by atoms with E-state index in [1.807, 2.05) is 24.3 Å². The first kappa shape index (κ1) is 17.5. The van der Waals surface area contributed by atoms with Crippen LogP contribution in [0.15, 0.2) is 48.5 Å². The van der Waals surface area contributed by atoms with Gasteiger partial charge in [0.1, 0.15) is 0 Å². The Hall–Kier alpha value is -2.89. The SMILES string of the molecule is CCN(c1ccc(NC(=O)c2ccc([N+](=O)[O-])cc2)cc1)C(C)C. The summed E-state index contributed by atoms with van der Waals surface area (Å²) in [4.78, 5) is 24.6. The zero-order chi connectivity index (χ0) is 17.7. The minimum absolute atomic E-state index is 0.0377. The number of hydrogen-bond donors (Lipinski definition) is 1. The van der Waals surface area contributed by atoms with Crippen LogP contribution in [0.5, 0.6) is 0 Å². The Kier molecular flexibility index (Phi) is 5.52. The van der Waals surface area contributed by atoms with E-state index in [9.17, 15) is 14.9 Å². The highest BCUT2D eigenvalue weighted by molar-refractivity contribution is 6.04. The van der Waals surface area contributed by atoms with E-state index in [4.69, 9.17) is 0 Å². The highest BCUT2D eigenvalue weighted by atomic mass is 16.6. The van der Waals surface area contributed by atoms with Gasteiger partial charge in [-0.25, -0.2) is 0 Å². The number of benzene rings is 2. The first-order valence-corrected chi connectivity index (χ1v) is 7.85. The number of nitrogens with one attached hydrogen (secondary N) is 1. The molecule has 0 aliphatic heterocycles. The van der Waals surface area contributed by atoms with Gasteiger partial charge in [0.15, 0.2) is 0 Å². The fourth-order valence-electron chi connectivity index (χ4n) is 2.52. The maximum absolute atomic E-state index is 12.2. The third-order valence-electron chi connectivity index (χ3n) is 3.76. The summed E-state index contributed by atoms with van der Waals surface area (Å²) in [7, 11) is 0. The van der Waals surface area contributed by atoms with Gasteiger partial charge in [0.05, 0.1) is 4.92 Å². The van der Waals surface area contributed by atoms with Crippen molar-refractivity contribution in [2.24, 2.45) is 0 Å². The van der Waals surface area contributed by atoms with Gasteiger partial charge in [-0.2, -0.15) is 0 Å². The van der Waals surface area contributed by atoms with Crippen molar-refractivity contribution in [3.63, 3.8) is 0 Å². The molecule has 0 aliphatic carbocycles. The summed E-state index contributed by atoms with van der Waals surface area (Å²) in [6.45, 7) is 7.28. The van der Waals surface area contributed by atoms with E-state index in [1.54, 1.807) is 0 Å². The predicted molar refractivity (Wildman–Crippen MR) is 95.6 cm³/mol. The van der Waals surface area contributed by atoms with Gasteiger partial charge in [-0.3, -0.25) is 14.9 Å². The van der Waals surface area contributed by atoms with Crippen LogP contribution in [0.1, 0.15) is 31.1 Å². The molecule has 0 saturated carbocycles. The van der Waals surface area contributed by atoms with Gasteiger partial charge in [-0.1, -0.05) is 0 Å². The van der Waals surface area contributed by atoms with E-state index < -0.39 is 4.92 Å². The minimum atomic E-state index is -0.491. The quantitative estimate of drug-likeness (QED) is 0.640. The molecule has 126 valence electrons. The third kappa shape index (κ3) is 4.10. The summed E-state index contributed by atoms with van der Waals surface area (Å²) in [5.41, 5.74) is 2.12. The number of rotatable bonds is 6. The monoisotopic (exact) mass is 327 g/mol. The summed E-state index contributed by atoms with van der Waals surface area (Å²) in [6, 6.07) is 13.6. The molecule has 24 heavy (non-hydrogen) atoms. The Morgan fingerprint density at radius 3 is 2.17 bits per heavy atom. The number of carbonyl (C=O) groups excluding carboxylic acids is 1. The first-order valence-electron chi connectivity index (χ1n) is 7.85. The van der Waals surface area contributed by atoms with Gasteiger partial charge in [-0.15, -0.1) is 0 Å². The number of nitro groups is 1. The van der Waals surface area contributed by atoms with Crippen LogP contribution in [0.25, 0.3) is 0 Å². The van der Waals surface area contributed by atoms with E-state index in [0.717, 1.165) is 12.2 Å². The number of carbonyl (C=O) groups is 1. The van der Waals surface area contributed by atoms with Gasteiger partial charge in [0.2, 0.25) is 0 Å². The zero-order valence-electron chi connectivity index (χ0n) is 14.0. The molecule has 0 heterocycles. The van der Waals surface area contributed by atoms with Crippen LogP contribution in [-0.4, -0.2) is 23.4 Å². The lowest BCUT2D eigenvalue weighted by Crippen LogP contribution is -2.30. The molecule has 0 aromatic heterocycles. The summed E-state index contributed by atoms with van der Waals surface area (Å²) >= 11 is 0. The lowest BCUT2D eigenvalue weighted by Gasteiger charge is -2.27. The molecular weight excluding hydrogens is 306 g/mol. The van der Waals surface area contributed by atoms with Gasteiger partial charge in [0, 0.05) is 41.7 Å². The van der Waals surface area contributed by atoms with E-state index in [-0.39, 0.29) is 11.6 Å². The highest BCUT2D eigenvalue weighted by Crippen LogP contribution is 2.20. The van der Waals surface area contributed by atoms with Crippen molar-refractivity contribution < 1.29 is 9.72 Å².